The predicted octanol–water partition coefficient (Wildman–Crippen LogP) is -0.0659. The van der Waals surface area contributed by atoms with E-state index >= 15 is 0 Å². The molecule has 0 bridgehead atoms. The van der Waals surface area contributed by atoms with Crippen molar-refractivity contribution in [3.8, 4) is 0 Å². The van der Waals surface area contributed by atoms with Crippen LogP contribution in [0.3, 0.4) is 0 Å². The fraction of sp³-hybridized carbons (Fsp3) is 0.273. The number of rotatable bonds is 4. The van der Waals surface area contributed by atoms with Crippen LogP contribution < -0.4 is 10.5 Å². The minimum Gasteiger partial charge on any atom is -0.408 e. The molecule has 2 amide bonds. The third-order valence-corrected chi connectivity index (χ3v) is 2.61. The lowest BCUT2D eigenvalue weighted by molar-refractivity contribution is -0.124. The van der Waals surface area contributed by atoms with Crippen LogP contribution >= 0.6 is 11.6 Å². The summed E-state index contributed by atoms with van der Waals surface area (Å²) < 4.78 is 0. The quantitative estimate of drug-likeness (QED) is 0.582. The molecular weight excluding hydrogens is 270 g/mol. The SMILES string of the molecule is CC(C)(NC(=O)c1ccc(Cl)cc1)C(=O)NB(O)O. The zero-order chi connectivity index (χ0) is 14.6. The number of hydrogen-bond donors (Lipinski definition) is 4. The van der Waals surface area contributed by atoms with Crippen molar-refractivity contribution >= 4 is 30.7 Å². The topological polar surface area (TPSA) is 98.7 Å². The Labute approximate surface area is 115 Å². The van der Waals surface area contributed by atoms with Crippen molar-refractivity contribution in [2.24, 2.45) is 0 Å². The molecule has 1 aromatic rings. The molecule has 4 N–H and O–H groups in total. The Morgan fingerprint density at radius 2 is 1.74 bits per heavy atom. The Hall–Kier alpha value is -1.57. The molecule has 102 valence electrons. The summed E-state index contributed by atoms with van der Waals surface area (Å²) >= 11 is 5.71. The highest BCUT2D eigenvalue weighted by molar-refractivity contribution is 6.42. The van der Waals surface area contributed by atoms with Gasteiger partial charge in [0.15, 0.2) is 0 Å². The number of carbonyl (C=O) groups excluding carboxylic acids is 2. The van der Waals surface area contributed by atoms with Gasteiger partial charge in [0.05, 0.1) is 0 Å². The molecule has 1 aromatic carbocycles. The van der Waals surface area contributed by atoms with Gasteiger partial charge in [0.2, 0.25) is 5.91 Å². The third kappa shape index (κ3) is 4.55. The molecule has 0 unspecified atom stereocenters. The number of benzene rings is 1. The summed E-state index contributed by atoms with van der Waals surface area (Å²) in [5.74, 6) is -1.19. The van der Waals surface area contributed by atoms with Gasteiger partial charge in [0, 0.05) is 10.6 Å². The van der Waals surface area contributed by atoms with E-state index in [1.165, 1.54) is 26.0 Å². The van der Waals surface area contributed by atoms with Crippen LogP contribution in [0.15, 0.2) is 24.3 Å². The van der Waals surface area contributed by atoms with E-state index in [0.29, 0.717) is 10.6 Å². The standard InChI is InChI=1S/C11H14BClN2O4/c1-11(2,10(17)15-12(18)19)14-9(16)7-3-5-8(13)6-4-7/h3-6,18-19H,1-2H3,(H,14,16)(H,15,17). The van der Waals surface area contributed by atoms with E-state index in [-0.39, 0.29) is 0 Å². The van der Waals surface area contributed by atoms with Crippen molar-refractivity contribution in [2.45, 2.75) is 19.4 Å². The minimum absolute atomic E-state index is 0.342. The van der Waals surface area contributed by atoms with E-state index in [0.717, 1.165) is 0 Å². The maximum atomic E-state index is 11.9. The first kappa shape index (κ1) is 15.5. The smallest absolute Gasteiger partial charge is 0.408 e. The van der Waals surface area contributed by atoms with Crippen molar-refractivity contribution in [3.05, 3.63) is 34.9 Å². The Balaban J connectivity index is 2.74. The van der Waals surface area contributed by atoms with Crippen molar-refractivity contribution < 1.29 is 19.6 Å². The van der Waals surface area contributed by atoms with Gasteiger partial charge in [0.1, 0.15) is 5.54 Å². The van der Waals surface area contributed by atoms with E-state index < -0.39 is 24.6 Å². The van der Waals surface area contributed by atoms with Crippen LogP contribution in [0.2, 0.25) is 5.02 Å². The Morgan fingerprint density at radius 1 is 1.21 bits per heavy atom. The van der Waals surface area contributed by atoms with Crippen LogP contribution in [0.5, 0.6) is 0 Å². The molecule has 0 aliphatic heterocycles. The average Bonchev–Trinajstić information content (AvgIpc) is 2.28. The average molecular weight is 285 g/mol. The zero-order valence-corrected chi connectivity index (χ0v) is 11.2. The molecule has 19 heavy (non-hydrogen) atoms. The summed E-state index contributed by atoms with van der Waals surface area (Å²) in [5.41, 5.74) is -0.949. The van der Waals surface area contributed by atoms with Crippen molar-refractivity contribution in [1.82, 2.24) is 10.5 Å². The molecular formula is C11H14BClN2O4. The van der Waals surface area contributed by atoms with Gasteiger partial charge < -0.3 is 20.6 Å². The van der Waals surface area contributed by atoms with Gasteiger partial charge in [-0.1, -0.05) is 11.6 Å². The summed E-state index contributed by atoms with van der Waals surface area (Å²) in [6, 6.07) is 6.15. The monoisotopic (exact) mass is 284 g/mol. The van der Waals surface area contributed by atoms with Crippen LogP contribution in [-0.2, 0) is 4.79 Å². The first-order valence-corrected chi connectivity index (χ1v) is 5.85. The second-order valence-corrected chi connectivity index (χ2v) is 4.87. The zero-order valence-electron chi connectivity index (χ0n) is 10.5. The molecule has 0 aliphatic rings. The molecule has 6 nitrogen and oxygen atoms in total. The van der Waals surface area contributed by atoms with Gasteiger partial charge >= 0.3 is 7.25 Å². The predicted molar refractivity (Wildman–Crippen MR) is 71.3 cm³/mol. The van der Waals surface area contributed by atoms with Gasteiger partial charge in [-0.15, -0.1) is 0 Å². The van der Waals surface area contributed by atoms with Crippen LogP contribution in [0.1, 0.15) is 24.2 Å². The second kappa shape index (κ2) is 6.05. The first-order valence-electron chi connectivity index (χ1n) is 5.47. The lowest BCUT2D eigenvalue weighted by Crippen LogP contribution is -2.57. The summed E-state index contributed by atoms with van der Waals surface area (Å²) in [6.07, 6.45) is 0. The van der Waals surface area contributed by atoms with Gasteiger partial charge in [0.25, 0.3) is 5.91 Å². The molecule has 0 atom stereocenters. The van der Waals surface area contributed by atoms with Crippen LogP contribution in [0, 0.1) is 0 Å². The largest absolute Gasteiger partial charge is 0.587 e. The molecule has 0 radical (unpaired) electrons. The molecule has 0 aliphatic carbocycles. The number of nitrogens with one attached hydrogen (secondary N) is 2. The van der Waals surface area contributed by atoms with Crippen LogP contribution in [0.4, 0.5) is 0 Å². The normalized spacial score (nSPS) is 10.8. The number of amides is 2. The summed E-state index contributed by atoms with van der Waals surface area (Å²) in [6.45, 7) is 2.89. The lowest BCUT2D eigenvalue weighted by atomic mass is 9.99. The van der Waals surface area contributed by atoms with Crippen LogP contribution in [-0.4, -0.2) is 34.7 Å². The molecule has 8 heteroatoms. The summed E-state index contributed by atoms with van der Waals surface area (Å²) in [4.78, 5) is 23.5. The van der Waals surface area contributed by atoms with E-state index in [2.05, 4.69) is 5.32 Å². The first-order chi connectivity index (χ1) is 8.72. The number of halogens is 1. The van der Waals surface area contributed by atoms with Crippen molar-refractivity contribution in [2.75, 3.05) is 0 Å². The van der Waals surface area contributed by atoms with Gasteiger partial charge in [-0.2, -0.15) is 0 Å². The lowest BCUT2D eigenvalue weighted by Gasteiger charge is -2.25. The Kier molecular flexibility index (Phi) is 4.93. The summed E-state index contributed by atoms with van der Waals surface area (Å²) in [5, 5.41) is 22.2. The molecule has 1 rings (SSSR count). The highest BCUT2D eigenvalue weighted by atomic mass is 35.5. The highest BCUT2D eigenvalue weighted by Gasteiger charge is 2.31. The third-order valence-electron chi connectivity index (χ3n) is 2.36. The number of carbonyl (C=O) groups is 2. The highest BCUT2D eigenvalue weighted by Crippen LogP contribution is 2.11. The number of hydrogen-bond acceptors (Lipinski definition) is 4. The fourth-order valence-electron chi connectivity index (χ4n) is 1.31. The molecule has 0 saturated heterocycles. The molecule has 0 aromatic heterocycles. The maximum absolute atomic E-state index is 11.9. The maximum Gasteiger partial charge on any atom is 0.587 e. The Bertz CT molecular complexity index is 476. The molecule has 0 spiro atoms. The molecule has 0 saturated carbocycles. The van der Waals surface area contributed by atoms with E-state index in [1.54, 1.807) is 12.1 Å². The van der Waals surface area contributed by atoms with Gasteiger partial charge in [-0.25, -0.2) is 0 Å². The van der Waals surface area contributed by atoms with Crippen molar-refractivity contribution in [3.63, 3.8) is 0 Å². The fourth-order valence-corrected chi connectivity index (χ4v) is 1.44. The van der Waals surface area contributed by atoms with Gasteiger partial charge in [-0.05, 0) is 38.1 Å². The summed E-state index contributed by atoms with van der Waals surface area (Å²) in [7, 11) is -1.97. The minimum atomic E-state index is -1.97. The van der Waals surface area contributed by atoms with Crippen molar-refractivity contribution in [1.29, 1.82) is 0 Å². The van der Waals surface area contributed by atoms with Crippen LogP contribution in [0.25, 0.3) is 0 Å². The van der Waals surface area contributed by atoms with E-state index in [1.807, 2.05) is 5.23 Å². The molecule has 0 fully saturated rings. The van der Waals surface area contributed by atoms with E-state index in [9.17, 15) is 9.59 Å². The Morgan fingerprint density at radius 3 is 2.21 bits per heavy atom. The van der Waals surface area contributed by atoms with Gasteiger partial charge in [-0.3, -0.25) is 9.59 Å². The van der Waals surface area contributed by atoms with E-state index in [4.69, 9.17) is 21.6 Å². The molecule has 0 heterocycles. The second-order valence-electron chi connectivity index (χ2n) is 4.43.